The Hall–Kier alpha value is -1.12. The molecule has 0 aliphatic carbocycles. The molecule has 0 bridgehead atoms. The van der Waals surface area contributed by atoms with Crippen LogP contribution in [0.2, 0.25) is 0 Å². The van der Waals surface area contributed by atoms with Crippen LogP contribution in [-0.4, -0.2) is 54.5 Å². The van der Waals surface area contributed by atoms with Crippen molar-refractivity contribution in [3.05, 3.63) is 0 Å². The highest BCUT2D eigenvalue weighted by molar-refractivity contribution is 5.78. The van der Waals surface area contributed by atoms with Gasteiger partial charge in [0.05, 0.1) is 19.0 Å². The number of likely N-dealkylation sites (tertiary alicyclic amines) is 1. The van der Waals surface area contributed by atoms with E-state index in [1.807, 2.05) is 0 Å². The third kappa shape index (κ3) is 3.97. The molecule has 1 saturated heterocycles. The monoisotopic (exact) mass is 252 g/mol. The molecule has 1 aliphatic rings. The van der Waals surface area contributed by atoms with Crippen LogP contribution < -0.4 is 5.73 Å². The molecular formula is C13H24N4O. The first kappa shape index (κ1) is 14.9. The molecule has 102 valence electrons. The van der Waals surface area contributed by atoms with Crippen molar-refractivity contribution < 1.29 is 4.79 Å². The zero-order valence-corrected chi connectivity index (χ0v) is 11.4. The Kier molecular flexibility index (Phi) is 6.10. The summed E-state index contributed by atoms with van der Waals surface area (Å²) in [4.78, 5) is 15.9. The van der Waals surface area contributed by atoms with Gasteiger partial charge in [-0.25, -0.2) is 0 Å². The van der Waals surface area contributed by atoms with Crippen molar-refractivity contribution >= 4 is 5.91 Å². The number of hydrogen-bond donors (Lipinski definition) is 1. The van der Waals surface area contributed by atoms with Crippen LogP contribution in [0.3, 0.4) is 0 Å². The van der Waals surface area contributed by atoms with Crippen molar-refractivity contribution in [2.24, 2.45) is 5.73 Å². The lowest BCUT2D eigenvalue weighted by atomic mass is 9.96. The summed E-state index contributed by atoms with van der Waals surface area (Å²) in [6.07, 6.45) is 3.79. The average molecular weight is 252 g/mol. The predicted molar refractivity (Wildman–Crippen MR) is 70.7 cm³/mol. The molecule has 0 aromatic carbocycles. The maximum Gasteiger partial charge on any atom is 0.236 e. The Morgan fingerprint density at radius 3 is 2.89 bits per heavy atom. The summed E-state index contributed by atoms with van der Waals surface area (Å²) in [6, 6.07) is 2.80. The number of carbonyl (C=O) groups excluding carboxylic acids is 1. The summed E-state index contributed by atoms with van der Waals surface area (Å²) >= 11 is 0. The Morgan fingerprint density at radius 1 is 1.56 bits per heavy atom. The van der Waals surface area contributed by atoms with E-state index in [0.29, 0.717) is 38.1 Å². The highest BCUT2D eigenvalue weighted by Gasteiger charge is 2.29. The van der Waals surface area contributed by atoms with Gasteiger partial charge in [-0.05, 0) is 19.8 Å². The molecule has 1 aliphatic heterocycles. The van der Waals surface area contributed by atoms with Gasteiger partial charge in [0.25, 0.3) is 0 Å². The van der Waals surface area contributed by atoms with E-state index >= 15 is 0 Å². The molecule has 0 saturated carbocycles. The summed E-state index contributed by atoms with van der Waals surface area (Å²) in [6.45, 7) is 3.69. The molecule has 1 heterocycles. The third-order valence-electron chi connectivity index (χ3n) is 3.77. The Morgan fingerprint density at radius 2 is 2.28 bits per heavy atom. The number of nitrogens with two attached hydrogens (primary N) is 1. The molecular weight excluding hydrogens is 228 g/mol. The van der Waals surface area contributed by atoms with Gasteiger partial charge in [-0.1, -0.05) is 6.42 Å². The van der Waals surface area contributed by atoms with Gasteiger partial charge in [-0.15, -0.1) is 0 Å². The van der Waals surface area contributed by atoms with E-state index in [2.05, 4.69) is 17.9 Å². The normalized spacial score (nSPS) is 24.6. The van der Waals surface area contributed by atoms with E-state index in [0.717, 1.165) is 12.8 Å². The van der Waals surface area contributed by atoms with Crippen molar-refractivity contribution in [1.82, 2.24) is 9.80 Å². The second kappa shape index (κ2) is 7.34. The standard InChI is InChI=1S/C13H24N4O/c1-11-5-3-6-12(9-15)17(11)10-13(18)16(2)8-4-7-14/h11-12H,3-6,8-10,15H2,1-2H3. The van der Waals surface area contributed by atoms with Gasteiger partial charge in [0.15, 0.2) is 0 Å². The number of nitriles is 1. The molecule has 0 radical (unpaired) electrons. The van der Waals surface area contributed by atoms with Crippen LogP contribution in [0, 0.1) is 11.3 Å². The molecule has 0 aromatic heterocycles. The van der Waals surface area contributed by atoms with Crippen LogP contribution in [0.5, 0.6) is 0 Å². The number of hydrogen-bond acceptors (Lipinski definition) is 4. The lowest BCUT2D eigenvalue weighted by Crippen LogP contribution is -2.52. The summed E-state index contributed by atoms with van der Waals surface area (Å²) < 4.78 is 0. The predicted octanol–water partition coefficient (Wildman–Crippen LogP) is 0.560. The zero-order chi connectivity index (χ0) is 13.5. The minimum absolute atomic E-state index is 0.0810. The fourth-order valence-electron chi connectivity index (χ4n) is 2.50. The number of carbonyl (C=O) groups is 1. The van der Waals surface area contributed by atoms with Crippen molar-refractivity contribution in [1.29, 1.82) is 5.26 Å². The Balaban J connectivity index is 2.52. The molecule has 2 N–H and O–H groups in total. The first-order chi connectivity index (χ1) is 8.60. The molecule has 0 aromatic rings. The van der Waals surface area contributed by atoms with Crippen molar-refractivity contribution in [3.8, 4) is 6.07 Å². The third-order valence-corrected chi connectivity index (χ3v) is 3.77. The van der Waals surface area contributed by atoms with Gasteiger partial charge in [-0.3, -0.25) is 9.69 Å². The van der Waals surface area contributed by atoms with Crippen LogP contribution in [0.4, 0.5) is 0 Å². The zero-order valence-electron chi connectivity index (χ0n) is 11.4. The lowest BCUT2D eigenvalue weighted by molar-refractivity contribution is -0.132. The van der Waals surface area contributed by atoms with E-state index in [4.69, 9.17) is 11.0 Å². The molecule has 1 fully saturated rings. The van der Waals surface area contributed by atoms with Gasteiger partial charge >= 0.3 is 0 Å². The first-order valence-electron chi connectivity index (χ1n) is 6.66. The van der Waals surface area contributed by atoms with Gasteiger partial charge in [0.1, 0.15) is 0 Å². The van der Waals surface area contributed by atoms with Gasteiger partial charge in [0, 0.05) is 32.2 Å². The van der Waals surface area contributed by atoms with Gasteiger partial charge in [-0.2, -0.15) is 5.26 Å². The van der Waals surface area contributed by atoms with E-state index in [-0.39, 0.29) is 5.91 Å². The summed E-state index contributed by atoms with van der Waals surface area (Å²) in [5.41, 5.74) is 5.78. The fourth-order valence-corrected chi connectivity index (χ4v) is 2.50. The van der Waals surface area contributed by atoms with Crippen LogP contribution in [0.15, 0.2) is 0 Å². The number of amides is 1. The van der Waals surface area contributed by atoms with E-state index in [1.54, 1.807) is 11.9 Å². The van der Waals surface area contributed by atoms with Crippen molar-refractivity contribution in [3.63, 3.8) is 0 Å². The maximum absolute atomic E-state index is 12.1. The minimum Gasteiger partial charge on any atom is -0.344 e. The Bertz CT molecular complexity index is 313. The van der Waals surface area contributed by atoms with E-state index in [1.165, 1.54) is 6.42 Å². The number of likely N-dealkylation sites (N-methyl/N-ethyl adjacent to an activating group) is 1. The molecule has 1 amide bonds. The Labute approximate surface area is 110 Å². The van der Waals surface area contributed by atoms with E-state index in [9.17, 15) is 4.79 Å². The second-order valence-corrected chi connectivity index (χ2v) is 5.07. The highest BCUT2D eigenvalue weighted by atomic mass is 16.2. The van der Waals surface area contributed by atoms with Crippen molar-refractivity contribution in [2.45, 2.75) is 44.7 Å². The van der Waals surface area contributed by atoms with Crippen LogP contribution in [-0.2, 0) is 4.79 Å². The van der Waals surface area contributed by atoms with Crippen LogP contribution in [0.1, 0.15) is 32.6 Å². The lowest BCUT2D eigenvalue weighted by Gasteiger charge is -2.40. The largest absolute Gasteiger partial charge is 0.344 e. The van der Waals surface area contributed by atoms with Crippen molar-refractivity contribution in [2.75, 3.05) is 26.7 Å². The fraction of sp³-hybridized carbons (Fsp3) is 0.846. The number of piperidine rings is 1. The molecule has 2 atom stereocenters. The summed E-state index contributed by atoms with van der Waals surface area (Å²) in [5, 5.41) is 8.53. The first-order valence-corrected chi connectivity index (χ1v) is 6.66. The highest BCUT2D eigenvalue weighted by Crippen LogP contribution is 2.21. The quantitative estimate of drug-likeness (QED) is 0.776. The van der Waals surface area contributed by atoms with Crippen LogP contribution in [0.25, 0.3) is 0 Å². The second-order valence-electron chi connectivity index (χ2n) is 5.07. The molecule has 5 nitrogen and oxygen atoms in total. The number of nitrogens with zero attached hydrogens (tertiary/aromatic N) is 3. The molecule has 1 rings (SSSR count). The average Bonchev–Trinajstić information content (AvgIpc) is 2.38. The molecule has 5 heteroatoms. The van der Waals surface area contributed by atoms with E-state index < -0.39 is 0 Å². The van der Waals surface area contributed by atoms with Crippen LogP contribution >= 0.6 is 0 Å². The maximum atomic E-state index is 12.1. The minimum atomic E-state index is 0.0810. The van der Waals surface area contributed by atoms with Gasteiger partial charge < -0.3 is 10.6 Å². The topological polar surface area (TPSA) is 73.4 Å². The molecule has 0 spiro atoms. The smallest absolute Gasteiger partial charge is 0.236 e. The summed E-state index contributed by atoms with van der Waals surface area (Å²) in [5.74, 6) is 0.0810. The SMILES string of the molecule is CC1CCCC(CN)N1CC(=O)N(C)CCC#N. The summed E-state index contributed by atoms with van der Waals surface area (Å²) in [7, 11) is 1.76. The molecule has 2 unspecified atom stereocenters. The van der Waals surface area contributed by atoms with Gasteiger partial charge in [0.2, 0.25) is 5.91 Å². The number of rotatable bonds is 5. The molecule has 18 heavy (non-hydrogen) atoms.